The third-order valence-electron chi connectivity index (χ3n) is 9.32. The summed E-state index contributed by atoms with van der Waals surface area (Å²) in [7, 11) is 0. The topological polar surface area (TPSA) is 23.0 Å². The van der Waals surface area contributed by atoms with Crippen LogP contribution in [0.25, 0.3) is 88.1 Å². The lowest BCUT2D eigenvalue weighted by Gasteiger charge is -2.15. The van der Waals surface area contributed by atoms with Crippen LogP contribution in [0.3, 0.4) is 0 Å². The number of nitrogens with zero attached hydrogens (tertiary/aromatic N) is 2. The SMILES string of the molecule is c1ccc(-n2c3ccccc3c3c2ccc2c4ccccc4n(-c4ccccc4-c4ccc5oc6ccccc6c5c4)c23)cc1. The lowest BCUT2D eigenvalue weighted by atomic mass is 10.0. The van der Waals surface area contributed by atoms with E-state index in [-0.39, 0.29) is 0 Å². The minimum Gasteiger partial charge on any atom is -0.456 e. The predicted molar refractivity (Wildman–Crippen MR) is 188 cm³/mol. The Kier molecular flexibility index (Phi) is 5.00. The molecule has 0 spiro atoms. The van der Waals surface area contributed by atoms with Gasteiger partial charge in [0, 0.05) is 43.6 Å². The van der Waals surface area contributed by atoms with Crippen LogP contribution in [0, 0.1) is 0 Å². The molecule has 3 aromatic heterocycles. The summed E-state index contributed by atoms with van der Waals surface area (Å²) >= 11 is 0. The van der Waals surface area contributed by atoms with Crippen LogP contribution in [0.15, 0.2) is 162 Å². The van der Waals surface area contributed by atoms with Crippen molar-refractivity contribution < 1.29 is 4.42 Å². The summed E-state index contributed by atoms with van der Waals surface area (Å²) in [4.78, 5) is 0. The van der Waals surface area contributed by atoms with E-state index in [0.717, 1.165) is 38.9 Å². The van der Waals surface area contributed by atoms with E-state index >= 15 is 0 Å². The molecule has 3 heterocycles. The molecule has 0 aliphatic rings. The zero-order valence-corrected chi connectivity index (χ0v) is 24.3. The van der Waals surface area contributed by atoms with Crippen molar-refractivity contribution >= 4 is 65.6 Å². The van der Waals surface area contributed by atoms with Gasteiger partial charge in [-0.15, -0.1) is 0 Å². The van der Waals surface area contributed by atoms with Gasteiger partial charge in [0.05, 0.1) is 27.8 Å². The molecule has 0 N–H and O–H groups in total. The number of hydrogen-bond acceptors (Lipinski definition) is 1. The first kappa shape index (κ1) is 24.4. The van der Waals surface area contributed by atoms with Gasteiger partial charge >= 0.3 is 0 Å². The molecule has 0 unspecified atom stereocenters. The summed E-state index contributed by atoms with van der Waals surface area (Å²) in [6, 6.07) is 56.5. The smallest absolute Gasteiger partial charge is 0.135 e. The largest absolute Gasteiger partial charge is 0.456 e. The molecule has 0 fully saturated rings. The lowest BCUT2D eigenvalue weighted by Crippen LogP contribution is -1.98. The fraction of sp³-hybridized carbons (Fsp3) is 0. The second-order valence-electron chi connectivity index (χ2n) is 11.7. The molecule has 7 aromatic carbocycles. The molecular formula is C42H26N2O. The number of aromatic nitrogens is 2. The predicted octanol–water partition coefficient (Wildman–Crippen LogP) is 11.4. The van der Waals surface area contributed by atoms with E-state index in [9.17, 15) is 0 Å². The van der Waals surface area contributed by atoms with Gasteiger partial charge in [-0.25, -0.2) is 0 Å². The van der Waals surface area contributed by atoms with Crippen molar-refractivity contribution in [3.63, 3.8) is 0 Å². The summed E-state index contributed by atoms with van der Waals surface area (Å²) < 4.78 is 11.1. The van der Waals surface area contributed by atoms with Crippen molar-refractivity contribution in [1.29, 1.82) is 0 Å². The highest BCUT2D eigenvalue weighted by molar-refractivity contribution is 6.26. The van der Waals surface area contributed by atoms with Crippen molar-refractivity contribution in [2.24, 2.45) is 0 Å². The van der Waals surface area contributed by atoms with Crippen LogP contribution in [0.5, 0.6) is 0 Å². The van der Waals surface area contributed by atoms with Crippen LogP contribution < -0.4 is 0 Å². The number of benzene rings is 7. The molecule has 210 valence electrons. The average molecular weight is 575 g/mol. The molecule has 0 aliphatic heterocycles. The molecule has 0 saturated heterocycles. The van der Waals surface area contributed by atoms with Gasteiger partial charge in [-0.3, -0.25) is 0 Å². The van der Waals surface area contributed by atoms with Gasteiger partial charge in [0.2, 0.25) is 0 Å². The van der Waals surface area contributed by atoms with Crippen LogP contribution in [0.2, 0.25) is 0 Å². The number of para-hydroxylation sites is 5. The highest BCUT2D eigenvalue weighted by Gasteiger charge is 2.22. The summed E-state index contributed by atoms with van der Waals surface area (Å²) in [6.07, 6.45) is 0. The molecule has 0 bridgehead atoms. The number of fused-ring (bicyclic) bond motifs is 10. The van der Waals surface area contributed by atoms with Gasteiger partial charge in [-0.1, -0.05) is 103 Å². The Bertz CT molecular complexity index is 2760. The minimum atomic E-state index is 0.907. The molecule has 10 aromatic rings. The molecule has 0 amide bonds. The summed E-state index contributed by atoms with van der Waals surface area (Å²) in [5.41, 5.74) is 11.3. The van der Waals surface area contributed by atoms with E-state index in [1.807, 2.05) is 12.1 Å². The summed E-state index contributed by atoms with van der Waals surface area (Å²) in [5, 5.41) is 7.27. The molecule has 3 heteroatoms. The zero-order chi connectivity index (χ0) is 29.5. The quantitative estimate of drug-likeness (QED) is 0.206. The molecule has 45 heavy (non-hydrogen) atoms. The van der Waals surface area contributed by atoms with Crippen LogP contribution in [-0.2, 0) is 0 Å². The van der Waals surface area contributed by atoms with E-state index in [1.54, 1.807) is 0 Å². The molecule has 10 rings (SSSR count). The first-order valence-electron chi connectivity index (χ1n) is 15.4. The van der Waals surface area contributed by atoms with Crippen LogP contribution >= 0.6 is 0 Å². The molecule has 0 saturated carbocycles. The number of furan rings is 1. The van der Waals surface area contributed by atoms with Crippen molar-refractivity contribution in [3.8, 4) is 22.5 Å². The van der Waals surface area contributed by atoms with Gasteiger partial charge < -0.3 is 13.6 Å². The molecule has 0 aliphatic carbocycles. The first-order chi connectivity index (χ1) is 22.3. The maximum atomic E-state index is 6.18. The Morgan fingerprint density at radius 2 is 1.07 bits per heavy atom. The molecule has 3 nitrogen and oxygen atoms in total. The molecular weight excluding hydrogens is 548 g/mol. The van der Waals surface area contributed by atoms with Gasteiger partial charge in [0.25, 0.3) is 0 Å². The Balaban J connectivity index is 1.35. The standard InChI is InChI=1S/C42H26N2O/c1-2-12-28(13-3-1)43-37-20-10-6-17-33(37)41-38(43)24-23-32-30-15-5-9-19-36(30)44(42(32)41)35-18-8-4-14-29(35)27-22-25-40-34(26-27)31-16-7-11-21-39(31)45-40/h1-26H. The third-order valence-corrected chi connectivity index (χ3v) is 9.32. The van der Waals surface area contributed by atoms with E-state index < -0.39 is 0 Å². The van der Waals surface area contributed by atoms with E-state index in [4.69, 9.17) is 4.42 Å². The maximum absolute atomic E-state index is 6.18. The van der Waals surface area contributed by atoms with E-state index in [0.29, 0.717) is 0 Å². The maximum Gasteiger partial charge on any atom is 0.135 e. The van der Waals surface area contributed by atoms with Crippen molar-refractivity contribution in [1.82, 2.24) is 9.13 Å². The van der Waals surface area contributed by atoms with Gasteiger partial charge in [-0.05, 0) is 60.2 Å². The normalized spacial score (nSPS) is 12.0. The summed E-state index contributed by atoms with van der Waals surface area (Å²) in [6.45, 7) is 0. The number of hydrogen-bond donors (Lipinski definition) is 0. The van der Waals surface area contributed by atoms with Crippen molar-refractivity contribution in [2.75, 3.05) is 0 Å². The highest BCUT2D eigenvalue weighted by atomic mass is 16.3. The van der Waals surface area contributed by atoms with E-state index in [2.05, 4.69) is 155 Å². The second-order valence-corrected chi connectivity index (χ2v) is 11.7. The monoisotopic (exact) mass is 574 g/mol. The van der Waals surface area contributed by atoms with Crippen molar-refractivity contribution in [3.05, 3.63) is 158 Å². The second kappa shape index (κ2) is 9.22. The average Bonchev–Trinajstić information content (AvgIpc) is 3.76. The fourth-order valence-electron chi connectivity index (χ4n) is 7.42. The Morgan fingerprint density at radius 1 is 0.400 bits per heavy atom. The zero-order valence-electron chi connectivity index (χ0n) is 24.3. The molecule has 0 radical (unpaired) electrons. The first-order valence-corrected chi connectivity index (χ1v) is 15.4. The highest BCUT2D eigenvalue weighted by Crippen LogP contribution is 2.43. The van der Waals surface area contributed by atoms with Gasteiger partial charge in [0.15, 0.2) is 0 Å². The van der Waals surface area contributed by atoms with Gasteiger partial charge in [0.1, 0.15) is 11.2 Å². The van der Waals surface area contributed by atoms with Crippen molar-refractivity contribution in [2.45, 2.75) is 0 Å². The third kappa shape index (κ3) is 3.41. The Labute approximate surface area is 258 Å². The molecule has 0 atom stereocenters. The Morgan fingerprint density at radius 3 is 1.93 bits per heavy atom. The number of rotatable bonds is 3. The Hall–Kier alpha value is -6.06. The minimum absolute atomic E-state index is 0.907. The van der Waals surface area contributed by atoms with Gasteiger partial charge in [-0.2, -0.15) is 0 Å². The van der Waals surface area contributed by atoms with Crippen LogP contribution in [-0.4, -0.2) is 9.13 Å². The summed E-state index contributed by atoms with van der Waals surface area (Å²) in [5.74, 6) is 0. The van der Waals surface area contributed by atoms with Crippen LogP contribution in [0.4, 0.5) is 0 Å². The van der Waals surface area contributed by atoms with Crippen LogP contribution in [0.1, 0.15) is 0 Å². The fourth-order valence-corrected chi connectivity index (χ4v) is 7.42. The van der Waals surface area contributed by atoms with E-state index in [1.165, 1.54) is 49.2 Å². The lowest BCUT2D eigenvalue weighted by molar-refractivity contribution is 0.669.